The van der Waals surface area contributed by atoms with Crippen LogP contribution < -0.4 is 5.32 Å². The number of carbonyl (C=O) groups excluding carboxylic acids is 2. The van der Waals surface area contributed by atoms with E-state index >= 15 is 0 Å². The minimum absolute atomic E-state index is 0.0165. The molecule has 5 nitrogen and oxygen atoms in total. The Morgan fingerprint density at radius 1 is 0.867 bits per heavy atom. The fourth-order valence-corrected chi connectivity index (χ4v) is 3.35. The molecule has 5 heteroatoms. The number of hydrogen-bond acceptors (Lipinski definition) is 3. The number of Topliss-reactive ketones (excluding diaryl/α,β-unsaturated/α-hetero) is 1. The quantitative estimate of drug-likeness (QED) is 0.533. The zero-order valence-corrected chi connectivity index (χ0v) is 17.2. The van der Waals surface area contributed by atoms with Crippen LogP contribution in [-0.2, 0) is 0 Å². The Kier molecular flexibility index (Phi) is 6.11. The average Bonchev–Trinajstić information content (AvgIpc) is 2.73. The molecule has 0 saturated carbocycles. The zero-order valence-electron chi connectivity index (χ0n) is 17.2. The summed E-state index contributed by atoms with van der Waals surface area (Å²) in [5.41, 5.74) is 4.90. The summed E-state index contributed by atoms with van der Waals surface area (Å²) >= 11 is 0. The van der Waals surface area contributed by atoms with Gasteiger partial charge < -0.3 is 10.4 Å². The summed E-state index contributed by atoms with van der Waals surface area (Å²) in [6.07, 6.45) is 0.378. The van der Waals surface area contributed by atoms with Crippen LogP contribution in [0.2, 0.25) is 0 Å². The number of rotatable bonds is 6. The summed E-state index contributed by atoms with van der Waals surface area (Å²) in [5, 5.41) is 12.4. The van der Waals surface area contributed by atoms with E-state index in [1.54, 1.807) is 61.5 Å². The summed E-state index contributed by atoms with van der Waals surface area (Å²) in [6, 6.07) is 17.3. The lowest BCUT2D eigenvalue weighted by molar-refractivity contribution is 0.0697. The van der Waals surface area contributed by atoms with Gasteiger partial charge in [-0.2, -0.15) is 0 Å². The van der Waals surface area contributed by atoms with Gasteiger partial charge in [-0.05, 0) is 60.9 Å². The summed E-state index contributed by atoms with van der Waals surface area (Å²) in [6.45, 7) is 5.50. The highest BCUT2D eigenvalue weighted by molar-refractivity contribution is 6.06. The maximum absolute atomic E-state index is 12.6. The number of carboxylic acid groups (broad SMARTS) is 1. The van der Waals surface area contributed by atoms with E-state index in [-0.39, 0.29) is 17.3 Å². The van der Waals surface area contributed by atoms with Gasteiger partial charge in [0.15, 0.2) is 5.78 Å². The van der Waals surface area contributed by atoms with Crippen molar-refractivity contribution in [3.63, 3.8) is 0 Å². The van der Waals surface area contributed by atoms with Gasteiger partial charge in [-0.1, -0.05) is 42.8 Å². The predicted molar refractivity (Wildman–Crippen MR) is 117 cm³/mol. The highest BCUT2D eigenvalue weighted by Crippen LogP contribution is 2.30. The van der Waals surface area contributed by atoms with Gasteiger partial charge in [0.05, 0.1) is 5.56 Å². The number of anilines is 1. The first-order chi connectivity index (χ1) is 14.3. The van der Waals surface area contributed by atoms with Crippen molar-refractivity contribution < 1.29 is 19.5 Å². The van der Waals surface area contributed by atoms with Gasteiger partial charge in [0.2, 0.25) is 0 Å². The number of aryl methyl sites for hydroxylation is 2. The van der Waals surface area contributed by atoms with Gasteiger partial charge >= 0.3 is 5.97 Å². The molecule has 1 amide bonds. The Hall–Kier alpha value is -3.73. The molecule has 2 N–H and O–H groups in total. The molecule has 3 rings (SSSR count). The molecular formula is C25H23NO4. The summed E-state index contributed by atoms with van der Waals surface area (Å²) < 4.78 is 0. The van der Waals surface area contributed by atoms with E-state index < -0.39 is 5.97 Å². The van der Waals surface area contributed by atoms with Crippen LogP contribution in [0.4, 0.5) is 5.69 Å². The molecule has 0 heterocycles. The third-order valence-electron chi connectivity index (χ3n) is 4.95. The molecule has 0 fully saturated rings. The zero-order chi connectivity index (χ0) is 21.8. The normalized spacial score (nSPS) is 10.5. The molecule has 152 valence electrons. The lowest BCUT2D eigenvalue weighted by atomic mass is 9.94. The summed E-state index contributed by atoms with van der Waals surface area (Å²) in [5.74, 6) is -1.31. The van der Waals surface area contributed by atoms with Crippen molar-refractivity contribution in [2.45, 2.75) is 27.2 Å². The smallest absolute Gasteiger partial charge is 0.336 e. The first kappa shape index (κ1) is 21.0. The topological polar surface area (TPSA) is 83.5 Å². The van der Waals surface area contributed by atoms with Crippen molar-refractivity contribution >= 4 is 23.3 Å². The molecule has 30 heavy (non-hydrogen) atoms. The van der Waals surface area contributed by atoms with Crippen molar-refractivity contribution in [3.8, 4) is 11.1 Å². The predicted octanol–water partition coefficient (Wildman–Crippen LogP) is 5.51. The van der Waals surface area contributed by atoms with Crippen LogP contribution in [0, 0.1) is 13.8 Å². The second-order valence-corrected chi connectivity index (χ2v) is 7.20. The second kappa shape index (κ2) is 8.74. The van der Waals surface area contributed by atoms with Crippen molar-refractivity contribution in [1.82, 2.24) is 0 Å². The van der Waals surface area contributed by atoms with Gasteiger partial charge in [0.25, 0.3) is 5.91 Å². The third kappa shape index (κ3) is 4.46. The van der Waals surface area contributed by atoms with Crippen LogP contribution in [-0.4, -0.2) is 22.8 Å². The van der Waals surface area contributed by atoms with E-state index in [1.807, 2.05) is 19.9 Å². The molecule has 0 aromatic heterocycles. The highest BCUT2D eigenvalue weighted by Gasteiger charge is 2.15. The standard InChI is InChI=1S/C25H23NO4/c1-4-23(27)17-6-5-7-18(14-17)24(28)26-19-9-11-20(16(3)13-19)21-10-8-15(2)12-22(21)25(29)30/h5-14H,4H2,1-3H3,(H,26,28)(H,29,30). The number of hydrogen-bond donors (Lipinski definition) is 2. The monoisotopic (exact) mass is 401 g/mol. The number of nitrogens with one attached hydrogen (secondary N) is 1. The Morgan fingerprint density at radius 3 is 2.23 bits per heavy atom. The molecule has 0 atom stereocenters. The number of ketones is 1. The lowest BCUT2D eigenvalue weighted by Gasteiger charge is -2.13. The van der Waals surface area contributed by atoms with Crippen LogP contribution in [0.15, 0.2) is 60.7 Å². The fraction of sp³-hybridized carbons (Fsp3) is 0.160. The molecule has 0 aliphatic rings. The van der Waals surface area contributed by atoms with Gasteiger partial charge in [0, 0.05) is 23.2 Å². The third-order valence-corrected chi connectivity index (χ3v) is 4.95. The SMILES string of the molecule is CCC(=O)c1cccc(C(=O)Nc2ccc(-c3ccc(C)cc3C(=O)O)c(C)c2)c1. The second-order valence-electron chi connectivity index (χ2n) is 7.20. The van der Waals surface area contributed by atoms with Gasteiger partial charge in [-0.25, -0.2) is 4.79 Å². The Morgan fingerprint density at radius 2 is 1.57 bits per heavy atom. The maximum Gasteiger partial charge on any atom is 0.336 e. The Bertz CT molecular complexity index is 1150. The van der Waals surface area contributed by atoms with Gasteiger partial charge in [-0.3, -0.25) is 9.59 Å². The van der Waals surface area contributed by atoms with Crippen molar-refractivity contribution in [3.05, 3.63) is 88.5 Å². The molecule has 0 aliphatic heterocycles. The first-order valence-corrected chi connectivity index (χ1v) is 9.69. The van der Waals surface area contributed by atoms with E-state index in [2.05, 4.69) is 5.32 Å². The van der Waals surface area contributed by atoms with E-state index in [9.17, 15) is 19.5 Å². The van der Waals surface area contributed by atoms with E-state index in [4.69, 9.17) is 0 Å². The van der Waals surface area contributed by atoms with Crippen LogP contribution >= 0.6 is 0 Å². The molecule has 0 unspecified atom stereocenters. The van der Waals surface area contributed by atoms with Crippen LogP contribution in [0.3, 0.4) is 0 Å². The Labute approximate surface area is 175 Å². The summed E-state index contributed by atoms with van der Waals surface area (Å²) in [4.78, 5) is 36.2. The van der Waals surface area contributed by atoms with E-state index in [1.165, 1.54) is 0 Å². The van der Waals surface area contributed by atoms with E-state index in [0.29, 0.717) is 28.8 Å². The number of benzene rings is 3. The molecule has 0 bridgehead atoms. The molecule has 0 spiro atoms. The van der Waals surface area contributed by atoms with E-state index in [0.717, 1.165) is 16.7 Å². The minimum Gasteiger partial charge on any atom is -0.478 e. The number of aromatic carboxylic acids is 1. The largest absolute Gasteiger partial charge is 0.478 e. The van der Waals surface area contributed by atoms with Crippen molar-refractivity contribution in [2.24, 2.45) is 0 Å². The number of carbonyl (C=O) groups is 3. The number of carboxylic acids is 1. The van der Waals surface area contributed by atoms with Crippen LogP contribution in [0.5, 0.6) is 0 Å². The molecule has 0 radical (unpaired) electrons. The minimum atomic E-state index is -0.980. The summed E-state index contributed by atoms with van der Waals surface area (Å²) in [7, 11) is 0. The average molecular weight is 401 g/mol. The molecular weight excluding hydrogens is 378 g/mol. The Balaban J connectivity index is 1.87. The van der Waals surface area contributed by atoms with Crippen LogP contribution in [0.25, 0.3) is 11.1 Å². The lowest BCUT2D eigenvalue weighted by Crippen LogP contribution is -2.13. The number of amides is 1. The van der Waals surface area contributed by atoms with Crippen molar-refractivity contribution in [2.75, 3.05) is 5.32 Å². The first-order valence-electron chi connectivity index (χ1n) is 9.69. The van der Waals surface area contributed by atoms with Crippen LogP contribution in [0.1, 0.15) is 55.5 Å². The molecule has 3 aromatic rings. The molecule has 0 saturated heterocycles. The van der Waals surface area contributed by atoms with Crippen molar-refractivity contribution in [1.29, 1.82) is 0 Å². The fourth-order valence-electron chi connectivity index (χ4n) is 3.35. The van der Waals surface area contributed by atoms with Gasteiger partial charge in [0.1, 0.15) is 0 Å². The maximum atomic E-state index is 12.6. The van der Waals surface area contributed by atoms with Gasteiger partial charge in [-0.15, -0.1) is 0 Å². The highest BCUT2D eigenvalue weighted by atomic mass is 16.4. The molecule has 3 aromatic carbocycles. The molecule has 0 aliphatic carbocycles.